The van der Waals surface area contributed by atoms with Crippen LogP contribution in [-0.2, 0) is 11.3 Å². The molecule has 0 bridgehead atoms. The topological polar surface area (TPSA) is 21.3 Å². The SMILES string of the molecule is C#Cc1ccc(CN[C@@H]2CCOC2)cc1. The molecule has 1 heterocycles. The van der Waals surface area contributed by atoms with E-state index in [4.69, 9.17) is 11.2 Å². The summed E-state index contributed by atoms with van der Waals surface area (Å²) in [6.45, 7) is 2.61. The summed E-state index contributed by atoms with van der Waals surface area (Å²) >= 11 is 0. The first kappa shape index (κ1) is 10.2. The zero-order valence-corrected chi connectivity index (χ0v) is 8.70. The highest BCUT2D eigenvalue weighted by atomic mass is 16.5. The molecule has 0 spiro atoms. The number of nitrogens with one attached hydrogen (secondary N) is 1. The first-order valence-electron chi connectivity index (χ1n) is 5.25. The minimum absolute atomic E-state index is 0.511. The van der Waals surface area contributed by atoms with Gasteiger partial charge in [0.25, 0.3) is 0 Å². The van der Waals surface area contributed by atoms with Gasteiger partial charge in [-0.2, -0.15) is 0 Å². The number of benzene rings is 1. The lowest BCUT2D eigenvalue weighted by molar-refractivity contribution is 0.190. The van der Waals surface area contributed by atoms with E-state index in [2.05, 4.69) is 23.4 Å². The Bertz CT molecular complexity index is 344. The van der Waals surface area contributed by atoms with Gasteiger partial charge >= 0.3 is 0 Å². The van der Waals surface area contributed by atoms with Gasteiger partial charge in [-0.05, 0) is 24.1 Å². The quantitative estimate of drug-likeness (QED) is 0.749. The predicted octanol–water partition coefficient (Wildman–Crippen LogP) is 1.55. The Kier molecular flexibility index (Phi) is 3.39. The summed E-state index contributed by atoms with van der Waals surface area (Å²) in [5, 5.41) is 3.46. The number of hydrogen-bond donors (Lipinski definition) is 1. The maximum Gasteiger partial charge on any atom is 0.0620 e. The van der Waals surface area contributed by atoms with Gasteiger partial charge in [0.15, 0.2) is 0 Å². The normalized spacial score (nSPS) is 20.1. The highest BCUT2D eigenvalue weighted by molar-refractivity contribution is 5.34. The van der Waals surface area contributed by atoms with Gasteiger partial charge in [0.05, 0.1) is 6.61 Å². The fourth-order valence-electron chi connectivity index (χ4n) is 1.68. The molecule has 1 atom stereocenters. The Morgan fingerprint density at radius 1 is 1.40 bits per heavy atom. The van der Waals surface area contributed by atoms with Crippen LogP contribution in [0.15, 0.2) is 24.3 Å². The van der Waals surface area contributed by atoms with Crippen molar-refractivity contribution in [3.63, 3.8) is 0 Å². The first-order valence-corrected chi connectivity index (χ1v) is 5.25. The second-order valence-corrected chi connectivity index (χ2v) is 3.78. The molecule has 1 N–H and O–H groups in total. The third-order valence-corrected chi connectivity index (χ3v) is 2.65. The van der Waals surface area contributed by atoms with E-state index in [1.165, 1.54) is 5.56 Å². The summed E-state index contributed by atoms with van der Waals surface area (Å²) in [7, 11) is 0. The molecule has 0 unspecified atom stereocenters. The van der Waals surface area contributed by atoms with Crippen molar-refractivity contribution in [1.29, 1.82) is 0 Å². The van der Waals surface area contributed by atoms with Crippen molar-refractivity contribution >= 4 is 0 Å². The van der Waals surface area contributed by atoms with Crippen LogP contribution in [0.5, 0.6) is 0 Å². The zero-order chi connectivity index (χ0) is 10.5. The maximum absolute atomic E-state index is 5.29. The minimum Gasteiger partial charge on any atom is -0.380 e. The molecule has 78 valence electrons. The molecule has 0 radical (unpaired) electrons. The van der Waals surface area contributed by atoms with E-state index < -0.39 is 0 Å². The standard InChI is InChI=1S/C13H15NO/c1-2-11-3-5-12(6-4-11)9-14-13-7-8-15-10-13/h1,3-6,13-14H,7-10H2/t13-/m1/s1. The fourth-order valence-corrected chi connectivity index (χ4v) is 1.68. The molecule has 1 fully saturated rings. The van der Waals surface area contributed by atoms with Crippen LogP contribution in [-0.4, -0.2) is 19.3 Å². The van der Waals surface area contributed by atoms with Crippen LogP contribution in [0.2, 0.25) is 0 Å². The molecular formula is C13H15NO. The van der Waals surface area contributed by atoms with Crippen molar-refractivity contribution in [2.24, 2.45) is 0 Å². The highest BCUT2D eigenvalue weighted by Crippen LogP contribution is 2.06. The van der Waals surface area contributed by atoms with E-state index in [9.17, 15) is 0 Å². The van der Waals surface area contributed by atoms with Crippen LogP contribution in [0.4, 0.5) is 0 Å². The van der Waals surface area contributed by atoms with Crippen LogP contribution in [0.25, 0.3) is 0 Å². The molecule has 0 amide bonds. The number of terminal acetylenes is 1. The monoisotopic (exact) mass is 201 g/mol. The molecule has 1 saturated heterocycles. The van der Waals surface area contributed by atoms with Gasteiger partial charge in [-0.3, -0.25) is 0 Å². The molecule has 0 saturated carbocycles. The van der Waals surface area contributed by atoms with Crippen molar-refractivity contribution in [2.75, 3.05) is 13.2 Å². The number of rotatable bonds is 3. The van der Waals surface area contributed by atoms with Crippen molar-refractivity contribution in [3.05, 3.63) is 35.4 Å². The van der Waals surface area contributed by atoms with E-state index in [0.29, 0.717) is 6.04 Å². The van der Waals surface area contributed by atoms with Gasteiger partial charge in [0.1, 0.15) is 0 Å². The molecular weight excluding hydrogens is 186 g/mol. The van der Waals surface area contributed by atoms with Crippen molar-refractivity contribution in [3.8, 4) is 12.3 Å². The summed E-state index contributed by atoms with van der Waals surface area (Å²) in [4.78, 5) is 0. The molecule has 0 aromatic heterocycles. The summed E-state index contributed by atoms with van der Waals surface area (Å²) in [5.41, 5.74) is 2.20. The van der Waals surface area contributed by atoms with Gasteiger partial charge < -0.3 is 10.1 Å². The second kappa shape index (κ2) is 4.97. The molecule has 15 heavy (non-hydrogen) atoms. The van der Waals surface area contributed by atoms with Crippen LogP contribution >= 0.6 is 0 Å². The summed E-state index contributed by atoms with van der Waals surface area (Å²) in [6.07, 6.45) is 6.40. The van der Waals surface area contributed by atoms with Crippen LogP contribution in [0, 0.1) is 12.3 Å². The molecule has 0 aliphatic carbocycles. The summed E-state index contributed by atoms with van der Waals surface area (Å²) in [6, 6.07) is 8.60. The average molecular weight is 201 g/mol. The minimum atomic E-state index is 0.511. The Hall–Kier alpha value is -1.30. The Morgan fingerprint density at radius 2 is 2.20 bits per heavy atom. The van der Waals surface area contributed by atoms with Gasteiger partial charge in [-0.1, -0.05) is 18.1 Å². The van der Waals surface area contributed by atoms with Gasteiger partial charge in [-0.15, -0.1) is 6.42 Å². The van der Waals surface area contributed by atoms with Crippen molar-refractivity contribution in [2.45, 2.75) is 19.0 Å². The second-order valence-electron chi connectivity index (χ2n) is 3.78. The Labute approximate surface area is 90.6 Å². The smallest absolute Gasteiger partial charge is 0.0620 e. The van der Waals surface area contributed by atoms with E-state index in [0.717, 1.165) is 31.7 Å². The average Bonchev–Trinajstić information content (AvgIpc) is 2.80. The van der Waals surface area contributed by atoms with Gasteiger partial charge in [0, 0.05) is 24.8 Å². The lowest BCUT2D eigenvalue weighted by atomic mass is 10.1. The van der Waals surface area contributed by atoms with Crippen LogP contribution in [0.3, 0.4) is 0 Å². The third kappa shape index (κ3) is 2.82. The van der Waals surface area contributed by atoms with Gasteiger partial charge in [0.2, 0.25) is 0 Å². The predicted molar refractivity (Wildman–Crippen MR) is 60.4 cm³/mol. The largest absolute Gasteiger partial charge is 0.380 e. The van der Waals surface area contributed by atoms with Crippen LogP contribution < -0.4 is 5.32 Å². The molecule has 1 aromatic carbocycles. The summed E-state index contributed by atoms with van der Waals surface area (Å²) < 4.78 is 5.29. The van der Waals surface area contributed by atoms with Gasteiger partial charge in [-0.25, -0.2) is 0 Å². The highest BCUT2D eigenvalue weighted by Gasteiger charge is 2.13. The van der Waals surface area contributed by atoms with Crippen molar-refractivity contribution in [1.82, 2.24) is 5.32 Å². The first-order chi connectivity index (χ1) is 7.38. The molecule has 1 aliphatic heterocycles. The van der Waals surface area contributed by atoms with E-state index in [1.807, 2.05) is 12.1 Å². The lowest BCUT2D eigenvalue weighted by Crippen LogP contribution is -2.28. The third-order valence-electron chi connectivity index (χ3n) is 2.65. The molecule has 1 aliphatic rings. The number of ether oxygens (including phenoxy) is 1. The molecule has 1 aromatic rings. The lowest BCUT2D eigenvalue weighted by Gasteiger charge is -2.10. The van der Waals surface area contributed by atoms with E-state index in [1.54, 1.807) is 0 Å². The zero-order valence-electron chi connectivity index (χ0n) is 8.70. The Morgan fingerprint density at radius 3 is 2.80 bits per heavy atom. The van der Waals surface area contributed by atoms with E-state index in [-0.39, 0.29) is 0 Å². The van der Waals surface area contributed by atoms with E-state index >= 15 is 0 Å². The fraction of sp³-hybridized carbons (Fsp3) is 0.385. The van der Waals surface area contributed by atoms with Crippen LogP contribution in [0.1, 0.15) is 17.5 Å². The molecule has 2 rings (SSSR count). The molecule has 2 heteroatoms. The molecule has 2 nitrogen and oxygen atoms in total. The van der Waals surface area contributed by atoms with Crippen molar-refractivity contribution < 1.29 is 4.74 Å². The number of hydrogen-bond acceptors (Lipinski definition) is 2. The maximum atomic E-state index is 5.29. The Balaban J connectivity index is 1.85. The summed E-state index contributed by atoms with van der Waals surface area (Å²) in [5.74, 6) is 2.61.